The maximum atomic E-state index is 12.5. The molecule has 1 aliphatic rings. The van der Waals surface area contributed by atoms with E-state index in [0.717, 1.165) is 11.1 Å². The molecule has 0 fully saturated rings. The van der Waals surface area contributed by atoms with Crippen molar-refractivity contribution in [3.8, 4) is 0 Å². The largest absolute Gasteiger partial charge is 0.302 e. The molecule has 3 rings (SSSR count). The summed E-state index contributed by atoms with van der Waals surface area (Å²) in [4.78, 5) is 40.8. The number of aldehydes is 1. The molecule has 1 heterocycles. The SMILES string of the molecule is CC1N=C(C(=O)NC(=O)C(C=O)c2cc(Cl)ccc2Cl)C=C1c1ccccc1. The Morgan fingerprint density at radius 2 is 1.86 bits per heavy atom. The molecule has 2 unspecified atom stereocenters. The van der Waals surface area contributed by atoms with Crippen LogP contribution in [0.25, 0.3) is 5.57 Å². The molecule has 2 aromatic carbocycles. The van der Waals surface area contributed by atoms with Crippen molar-refractivity contribution < 1.29 is 14.4 Å². The Bertz CT molecular complexity index is 1000. The highest BCUT2D eigenvalue weighted by atomic mass is 35.5. The van der Waals surface area contributed by atoms with Crippen LogP contribution in [0.2, 0.25) is 10.0 Å². The third-order valence-electron chi connectivity index (χ3n) is 4.36. The fourth-order valence-corrected chi connectivity index (χ4v) is 3.36. The minimum Gasteiger partial charge on any atom is -0.302 e. The van der Waals surface area contributed by atoms with Gasteiger partial charge in [0.05, 0.1) is 6.04 Å². The van der Waals surface area contributed by atoms with Crippen LogP contribution >= 0.6 is 23.2 Å². The third kappa shape index (κ3) is 4.21. The summed E-state index contributed by atoms with van der Waals surface area (Å²) in [7, 11) is 0. The lowest BCUT2D eigenvalue weighted by molar-refractivity contribution is -0.129. The second-order valence-corrected chi connectivity index (χ2v) is 7.10. The van der Waals surface area contributed by atoms with Gasteiger partial charge in [-0.3, -0.25) is 19.9 Å². The summed E-state index contributed by atoms with van der Waals surface area (Å²) in [6.07, 6.45) is 2.06. The first-order valence-corrected chi connectivity index (χ1v) is 9.26. The Balaban J connectivity index is 1.78. The number of halogens is 2. The first-order chi connectivity index (χ1) is 13.4. The van der Waals surface area contributed by atoms with Gasteiger partial charge in [-0.15, -0.1) is 0 Å². The van der Waals surface area contributed by atoms with Crippen LogP contribution in [0.3, 0.4) is 0 Å². The van der Waals surface area contributed by atoms with Crippen molar-refractivity contribution in [1.29, 1.82) is 0 Å². The number of nitrogens with one attached hydrogen (secondary N) is 1. The molecule has 142 valence electrons. The van der Waals surface area contributed by atoms with E-state index in [4.69, 9.17) is 23.2 Å². The molecule has 0 aromatic heterocycles. The highest BCUT2D eigenvalue weighted by Crippen LogP contribution is 2.28. The van der Waals surface area contributed by atoms with Crippen LogP contribution in [0.15, 0.2) is 59.6 Å². The van der Waals surface area contributed by atoms with Gasteiger partial charge >= 0.3 is 0 Å². The lowest BCUT2D eigenvalue weighted by Gasteiger charge is -2.12. The van der Waals surface area contributed by atoms with Gasteiger partial charge in [0.2, 0.25) is 5.91 Å². The van der Waals surface area contributed by atoms with Crippen molar-refractivity contribution in [2.75, 3.05) is 0 Å². The zero-order valence-electron chi connectivity index (χ0n) is 14.9. The third-order valence-corrected chi connectivity index (χ3v) is 4.94. The standard InChI is InChI=1S/C21H16Cl2N2O3/c1-12-15(13-5-3-2-4-6-13)10-19(24-12)21(28)25-20(27)17(11-26)16-9-14(22)7-8-18(16)23/h2-12,17H,1H3,(H,25,27,28). The highest BCUT2D eigenvalue weighted by Gasteiger charge is 2.28. The summed E-state index contributed by atoms with van der Waals surface area (Å²) in [5.41, 5.74) is 2.19. The average Bonchev–Trinajstić information content (AvgIpc) is 3.07. The van der Waals surface area contributed by atoms with E-state index in [1.165, 1.54) is 12.1 Å². The minimum absolute atomic E-state index is 0.126. The van der Waals surface area contributed by atoms with Gasteiger partial charge in [-0.2, -0.15) is 0 Å². The first-order valence-electron chi connectivity index (χ1n) is 8.51. The van der Waals surface area contributed by atoms with Crippen molar-refractivity contribution in [2.45, 2.75) is 18.9 Å². The zero-order valence-corrected chi connectivity index (χ0v) is 16.4. The number of aliphatic imine (C=N–C) groups is 1. The smallest absolute Gasteiger partial charge is 0.276 e. The van der Waals surface area contributed by atoms with Gasteiger partial charge < -0.3 is 4.79 Å². The van der Waals surface area contributed by atoms with Crippen LogP contribution in [-0.2, 0) is 14.4 Å². The molecule has 28 heavy (non-hydrogen) atoms. The van der Waals surface area contributed by atoms with E-state index in [2.05, 4.69) is 10.3 Å². The van der Waals surface area contributed by atoms with Gasteiger partial charge in [0.15, 0.2) is 0 Å². The van der Waals surface area contributed by atoms with Crippen LogP contribution in [0.1, 0.15) is 24.0 Å². The number of benzene rings is 2. The maximum Gasteiger partial charge on any atom is 0.276 e. The Hall–Kier alpha value is -2.76. The van der Waals surface area contributed by atoms with Crippen LogP contribution < -0.4 is 5.32 Å². The van der Waals surface area contributed by atoms with Gasteiger partial charge in [-0.05, 0) is 47.9 Å². The molecule has 2 aromatic rings. The van der Waals surface area contributed by atoms with Gasteiger partial charge in [-0.1, -0.05) is 53.5 Å². The molecule has 2 amide bonds. The summed E-state index contributed by atoms with van der Waals surface area (Å²) in [5.74, 6) is -2.72. The summed E-state index contributed by atoms with van der Waals surface area (Å²) in [6, 6.07) is 13.8. The van der Waals surface area contributed by atoms with Crippen LogP contribution in [0.4, 0.5) is 0 Å². The minimum atomic E-state index is -1.26. The quantitative estimate of drug-likeness (QED) is 0.596. The molecule has 0 radical (unpaired) electrons. The number of rotatable bonds is 5. The number of hydrogen-bond donors (Lipinski definition) is 1. The molecular formula is C21H16Cl2N2O3. The molecule has 5 nitrogen and oxygen atoms in total. The van der Waals surface area contributed by atoms with E-state index in [0.29, 0.717) is 11.3 Å². The lowest BCUT2D eigenvalue weighted by atomic mass is 9.99. The van der Waals surface area contributed by atoms with Crippen LogP contribution in [0.5, 0.6) is 0 Å². The molecule has 1 aliphatic heterocycles. The van der Waals surface area contributed by atoms with E-state index in [1.54, 1.807) is 12.1 Å². The van der Waals surface area contributed by atoms with Gasteiger partial charge in [0, 0.05) is 10.0 Å². The van der Waals surface area contributed by atoms with Crippen molar-refractivity contribution in [3.63, 3.8) is 0 Å². The summed E-state index contributed by atoms with van der Waals surface area (Å²) in [6.45, 7) is 1.86. The maximum absolute atomic E-state index is 12.5. The van der Waals surface area contributed by atoms with E-state index < -0.39 is 17.7 Å². The van der Waals surface area contributed by atoms with Crippen molar-refractivity contribution >= 4 is 52.6 Å². The summed E-state index contributed by atoms with van der Waals surface area (Å²) >= 11 is 12.0. The van der Waals surface area contributed by atoms with E-state index in [9.17, 15) is 14.4 Å². The predicted octanol–water partition coefficient (Wildman–Crippen LogP) is 3.85. The van der Waals surface area contributed by atoms with Crippen molar-refractivity contribution in [1.82, 2.24) is 5.32 Å². The predicted molar refractivity (Wildman–Crippen MR) is 110 cm³/mol. The molecule has 0 saturated carbocycles. The molecule has 7 heteroatoms. The fraction of sp³-hybridized carbons (Fsp3) is 0.143. The van der Waals surface area contributed by atoms with E-state index in [-0.39, 0.29) is 22.3 Å². The fourth-order valence-electron chi connectivity index (χ4n) is 2.95. The lowest BCUT2D eigenvalue weighted by Crippen LogP contribution is -2.38. The van der Waals surface area contributed by atoms with E-state index >= 15 is 0 Å². The Morgan fingerprint density at radius 3 is 2.54 bits per heavy atom. The monoisotopic (exact) mass is 414 g/mol. The average molecular weight is 415 g/mol. The molecular weight excluding hydrogens is 399 g/mol. The van der Waals surface area contributed by atoms with Crippen molar-refractivity contribution in [2.24, 2.45) is 4.99 Å². The Morgan fingerprint density at radius 1 is 1.14 bits per heavy atom. The van der Waals surface area contributed by atoms with Gasteiger partial charge in [-0.25, -0.2) is 0 Å². The Labute approximate surface area is 172 Å². The zero-order chi connectivity index (χ0) is 20.3. The van der Waals surface area contributed by atoms with Crippen LogP contribution in [0, 0.1) is 0 Å². The normalized spacial score (nSPS) is 16.8. The molecule has 0 bridgehead atoms. The van der Waals surface area contributed by atoms with Crippen molar-refractivity contribution in [3.05, 3.63) is 75.8 Å². The second-order valence-electron chi connectivity index (χ2n) is 6.25. The molecule has 0 spiro atoms. The summed E-state index contributed by atoms with van der Waals surface area (Å²) < 4.78 is 0. The molecule has 2 atom stereocenters. The first kappa shape index (κ1) is 20.0. The number of carbonyl (C=O) groups is 3. The number of carbonyl (C=O) groups excluding carboxylic acids is 3. The second kappa shape index (κ2) is 8.50. The topological polar surface area (TPSA) is 75.6 Å². The number of imide groups is 1. The van der Waals surface area contributed by atoms with Gasteiger partial charge in [0.1, 0.15) is 17.9 Å². The number of amides is 2. The van der Waals surface area contributed by atoms with Crippen LogP contribution in [-0.4, -0.2) is 29.9 Å². The molecule has 1 N–H and O–H groups in total. The summed E-state index contributed by atoms with van der Waals surface area (Å²) in [5, 5.41) is 2.76. The molecule has 0 saturated heterocycles. The molecule has 0 aliphatic carbocycles. The number of nitrogens with zero attached hydrogens (tertiary/aromatic N) is 1. The number of hydrogen-bond acceptors (Lipinski definition) is 4. The Kier molecular flexibility index (Phi) is 6.07. The van der Waals surface area contributed by atoms with Gasteiger partial charge in [0.25, 0.3) is 5.91 Å². The van der Waals surface area contributed by atoms with E-state index in [1.807, 2.05) is 37.3 Å². The highest BCUT2D eigenvalue weighted by molar-refractivity contribution is 6.47.